The summed E-state index contributed by atoms with van der Waals surface area (Å²) < 4.78 is 7.39. The van der Waals surface area contributed by atoms with Crippen LogP contribution in [0.25, 0.3) is 0 Å². The van der Waals surface area contributed by atoms with Gasteiger partial charge in [0.05, 0.1) is 12.0 Å². The predicted octanol–water partition coefficient (Wildman–Crippen LogP) is 5.09. The molecule has 148 valence electrons. The Morgan fingerprint density at radius 2 is 2.00 bits per heavy atom. The van der Waals surface area contributed by atoms with Gasteiger partial charge < -0.3 is 14.6 Å². The third-order valence-corrected chi connectivity index (χ3v) is 6.55. The van der Waals surface area contributed by atoms with Crippen LogP contribution in [0.2, 0.25) is 0 Å². The zero-order valence-corrected chi connectivity index (χ0v) is 17.5. The first-order chi connectivity index (χ1) is 13.5. The monoisotopic (exact) mass is 416 g/mol. The van der Waals surface area contributed by atoms with E-state index in [-0.39, 0.29) is 12.5 Å². The number of carbonyl (C=O) groups is 2. The third kappa shape index (κ3) is 3.82. The molecule has 7 heteroatoms. The highest BCUT2D eigenvalue weighted by Gasteiger charge is 2.43. The average molecular weight is 417 g/mol. The van der Waals surface area contributed by atoms with Gasteiger partial charge in [0.25, 0.3) is 0 Å². The molecule has 1 heterocycles. The molecule has 0 atom stereocenters. The van der Waals surface area contributed by atoms with Crippen molar-refractivity contribution in [1.29, 1.82) is 0 Å². The highest BCUT2D eigenvalue weighted by Crippen LogP contribution is 2.42. The van der Waals surface area contributed by atoms with E-state index >= 15 is 0 Å². The minimum absolute atomic E-state index is 0.104. The largest absolute Gasteiger partial charge is 0.462 e. The second-order valence-electron chi connectivity index (χ2n) is 6.77. The Kier molecular flexibility index (Phi) is 6.46. The average Bonchev–Trinajstić information content (AvgIpc) is 3.31. The Bertz CT molecular complexity index is 925. The zero-order valence-electron chi connectivity index (χ0n) is 15.9. The third-order valence-electron chi connectivity index (χ3n) is 5.12. The van der Waals surface area contributed by atoms with Crippen LogP contribution in [-0.4, -0.2) is 23.1 Å². The SMILES string of the molecule is C=CCn1c(NC(=O)C2(c3ccccc3)CCCC2)c(C(=O)OCC)sc1=S. The lowest BCUT2D eigenvalue weighted by Gasteiger charge is -2.28. The van der Waals surface area contributed by atoms with Gasteiger partial charge in [0.15, 0.2) is 8.83 Å². The Balaban J connectivity index is 2.02. The van der Waals surface area contributed by atoms with Crippen LogP contribution < -0.4 is 5.32 Å². The number of rotatable bonds is 7. The maximum Gasteiger partial charge on any atom is 0.352 e. The molecule has 1 aromatic heterocycles. The number of hydrogen-bond donors (Lipinski definition) is 1. The highest BCUT2D eigenvalue weighted by atomic mass is 32.1. The van der Waals surface area contributed by atoms with Crippen molar-refractivity contribution in [3.63, 3.8) is 0 Å². The van der Waals surface area contributed by atoms with Crippen molar-refractivity contribution in [2.45, 2.75) is 44.6 Å². The van der Waals surface area contributed by atoms with Crippen molar-refractivity contribution in [1.82, 2.24) is 4.57 Å². The second-order valence-corrected chi connectivity index (χ2v) is 8.42. The van der Waals surface area contributed by atoms with Gasteiger partial charge in [-0.1, -0.05) is 60.6 Å². The van der Waals surface area contributed by atoms with Gasteiger partial charge >= 0.3 is 5.97 Å². The molecular formula is C21H24N2O3S2. The number of allylic oxidation sites excluding steroid dienone is 1. The number of aromatic nitrogens is 1. The summed E-state index contributed by atoms with van der Waals surface area (Å²) in [6, 6.07) is 9.86. The Morgan fingerprint density at radius 1 is 1.32 bits per heavy atom. The molecule has 1 fully saturated rings. The lowest BCUT2D eigenvalue weighted by Crippen LogP contribution is -2.38. The molecule has 1 amide bonds. The molecule has 1 saturated carbocycles. The van der Waals surface area contributed by atoms with Crippen LogP contribution >= 0.6 is 23.6 Å². The van der Waals surface area contributed by atoms with E-state index < -0.39 is 11.4 Å². The smallest absolute Gasteiger partial charge is 0.352 e. The van der Waals surface area contributed by atoms with E-state index in [0.29, 0.717) is 21.2 Å². The van der Waals surface area contributed by atoms with Crippen LogP contribution in [0.4, 0.5) is 5.82 Å². The van der Waals surface area contributed by atoms with Gasteiger partial charge in [-0.25, -0.2) is 4.79 Å². The van der Waals surface area contributed by atoms with E-state index in [9.17, 15) is 9.59 Å². The molecule has 0 unspecified atom stereocenters. The number of esters is 1. The maximum absolute atomic E-state index is 13.5. The summed E-state index contributed by atoms with van der Waals surface area (Å²) in [5.74, 6) is -0.176. The molecule has 0 radical (unpaired) electrons. The lowest BCUT2D eigenvalue weighted by atomic mass is 9.78. The van der Waals surface area contributed by atoms with Crippen LogP contribution in [0, 0.1) is 3.95 Å². The predicted molar refractivity (Wildman–Crippen MR) is 115 cm³/mol. The number of benzene rings is 1. The summed E-state index contributed by atoms with van der Waals surface area (Å²) >= 11 is 6.56. The molecule has 1 aliphatic carbocycles. The molecular weight excluding hydrogens is 392 g/mol. The molecule has 28 heavy (non-hydrogen) atoms. The topological polar surface area (TPSA) is 60.3 Å². The number of carbonyl (C=O) groups excluding carboxylic acids is 2. The van der Waals surface area contributed by atoms with Crippen molar-refractivity contribution in [2.24, 2.45) is 0 Å². The number of amides is 1. The van der Waals surface area contributed by atoms with E-state index in [2.05, 4.69) is 11.9 Å². The number of anilines is 1. The van der Waals surface area contributed by atoms with E-state index in [0.717, 1.165) is 42.6 Å². The Hall–Kier alpha value is -2.25. The number of nitrogens with one attached hydrogen (secondary N) is 1. The minimum Gasteiger partial charge on any atom is -0.462 e. The number of hydrogen-bond acceptors (Lipinski definition) is 5. The van der Waals surface area contributed by atoms with Gasteiger partial charge in [-0.05, 0) is 37.5 Å². The van der Waals surface area contributed by atoms with Gasteiger partial charge in [-0.15, -0.1) is 6.58 Å². The van der Waals surface area contributed by atoms with Gasteiger partial charge in [0, 0.05) is 6.54 Å². The fraction of sp³-hybridized carbons (Fsp3) is 0.381. The molecule has 2 aromatic rings. The number of nitrogens with zero attached hydrogens (tertiary/aromatic N) is 1. The number of ether oxygens (including phenoxy) is 1. The summed E-state index contributed by atoms with van der Waals surface area (Å²) in [6.45, 7) is 6.17. The molecule has 3 rings (SSSR count). The van der Waals surface area contributed by atoms with Gasteiger partial charge in [-0.3, -0.25) is 4.79 Å². The normalized spacial score (nSPS) is 15.2. The van der Waals surface area contributed by atoms with Gasteiger partial charge in [-0.2, -0.15) is 0 Å². The van der Waals surface area contributed by atoms with Crippen LogP contribution in [0.3, 0.4) is 0 Å². The molecule has 1 N–H and O–H groups in total. The van der Waals surface area contributed by atoms with Crippen LogP contribution in [-0.2, 0) is 21.5 Å². The van der Waals surface area contributed by atoms with Crippen LogP contribution in [0.15, 0.2) is 43.0 Å². The first-order valence-electron chi connectivity index (χ1n) is 9.42. The summed E-state index contributed by atoms with van der Waals surface area (Å²) in [4.78, 5) is 26.3. The second kappa shape index (κ2) is 8.84. The van der Waals surface area contributed by atoms with E-state index in [1.165, 1.54) is 0 Å². The van der Waals surface area contributed by atoms with Gasteiger partial charge in [0.1, 0.15) is 5.82 Å². The van der Waals surface area contributed by atoms with E-state index in [1.807, 2.05) is 30.3 Å². The maximum atomic E-state index is 13.5. The summed E-state index contributed by atoms with van der Waals surface area (Å²) in [5.41, 5.74) is 0.412. The van der Waals surface area contributed by atoms with E-state index in [1.54, 1.807) is 17.6 Å². The quantitative estimate of drug-likeness (QED) is 0.388. The van der Waals surface area contributed by atoms with Crippen LogP contribution in [0.1, 0.15) is 47.8 Å². The van der Waals surface area contributed by atoms with Gasteiger partial charge in [0.2, 0.25) is 5.91 Å². The standard InChI is InChI=1S/C21H24N2O3S2/c1-3-14-23-17(16(28-20(23)27)18(24)26-4-2)22-19(25)21(12-8-9-13-21)15-10-6-5-7-11-15/h3,5-7,10-11H,1,4,8-9,12-14H2,2H3,(H,22,25). The molecule has 1 aliphatic rings. The molecule has 0 saturated heterocycles. The van der Waals surface area contributed by atoms with E-state index in [4.69, 9.17) is 17.0 Å². The Morgan fingerprint density at radius 3 is 2.61 bits per heavy atom. The van der Waals surface area contributed by atoms with Crippen molar-refractivity contribution < 1.29 is 14.3 Å². The first kappa shape index (κ1) is 20.5. The first-order valence-corrected chi connectivity index (χ1v) is 10.6. The van der Waals surface area contributed by atoms with Crippen molar-refractivity contribution >= 4 is 41.2 Å². The fourth-order valence-corrected chi connectivity index (χ4v) is 5.04. The van der Waals surface area contributed by atoms with Crippen LogP contribution in [0.5, 0.6) is 0 Å². The minimum atomic E-state index is -0.594. The molecule has 0 aliphatic heterocycles. The fourth-order valence-electron chi connectivity index (χ4n) is 3.77. The highest BCUT2D eigenvalue weighted by molar-refractivity contribution is 7.73. The zero-order chi connectivity index (χ0) is 20.1. The summed E-state index contributed by atoms with van der Waals surface area (Å²) in [5, 5.41) is 3.02. The summed E-state index contributed by atoms with van der Waals surface area (Å²) in [6.07, 6.45) is 5.24. The molecule has 5 nitrogen and oxygen atoms in total. The van der Waals surface area contributed by atoms with Crippen molar-refractivity contribution in [3.05, 3.63) is 57.4 Å². The van der Waals surface area contributed by atoms with Crippen molar-refractivity contribution in [3.8, 4) is 0 Å². The Labute approximate surface area is 174 Å². The molecule has 0 bridgehead atoms. The number of thiazole rings is 1. The lowest BCUT2D eigenvalue weighted by molar-refractivity contribution is -0.121. The summed E-state index contributed by atoms with van der Waals surface area (Å²) in [7, 11) is 0. The van der Waals surface area contributed by atoms with Crippen molar-refractivity contribution in [2.75, 3.05) is 11.9 Å². The molecule has 1 aromatic carbocycles. The molecule has 0 spiro atoms.